The second kappa shape index (κ2) is 5.71. The van der Waals surface area contributed by atoms with E-state index in [1.165, 1.54) is 0 Å². The van der Waals surface area contributed by atoms with Gasteiger partial charge in [0, 0.05) is 12.7 Å². The average Bonchev–Trinajstić information content (AvgIpc) is 2.26. The molecule has 1 rings (SSSR count). The molecule has 0 bridgehead atoms. The summed E-state index contributed by atoms with van der Waals surface area (Å²) in [7, 11) is 0. The number of nitrogens with one attached hydrogen (secondary N) is 1. The summed E-state index contributed by atoms with van der Waals surface area (Å²) >= 11 is 0. The largest absolute Gasteiger partial charge is 0.388 e. The van der Waals surface area contributed by atoms with Gasteiger partial charge in [0.05, 0.1) is 6.10 Å². The standard InChI is InChI=1S/C12H20N2O/c1-4-6-13-12-9(3)7-10(8-14-12)11(15)5-2/h7-8,11,15H,4-6H2,1-3H3,(H,13,14)/t11-/m0/s1. The minimum Gasteiger partial charge on any atom is -0.388 e. The van der Waals surface area contributed by atoms with E-state index in [0.29, 0.717) is 0 Å². The highest BCUT2D eigenvalue weighted by atomic mass is 16.3. The Morgan fingerprint density at radius 1 is 1.47 bits per heavy atom. The normalized spacial score (nSPS) is 12.5. The Kier molecular flexibility index (Phi) is 4.56. The van der Waals surface area contributed by atoms with Crippen molar-refractivity contribution in [3.05, 3.63) is 23.4 Å². The molecule has 0 saturated carbocycles. The maximum Gasteiger partial charge on any atom is 0.128 e. The molecule has 1 aromatic heterocycles. The second-order valence-corrected chi connectivity index (χ2v) is 3.78. The Morgan fingerprint density at radius 3 is 2.73 bits per heavy atom. The molecule has 0 amide bonds. The number of pyridine rings is 1. The molecule has 0 saturated heterocycles. The third-order valence-corrected chi connectivity index (χ3v) is 2.41. The number of rotatable bonds is 5. The summed E-state index contributed by atoms with van der Waals surface area (Å²) in [4.78, 5) is 4.31. The molecule has 0 aliphatic carbocycles. The van der Waals surface area contributed by atoms with E-state index in [0.717, 1.165) is 36.3 Å². The average molecular weight is 208 g/mol. The fraction of sp³-hybridized carbons (Fsp3) is 0.583. The molecule has 15 heavy (non-hydrogen) atoms. The van der Waals surface area contributed by atoms with Gasteiger partial charge in [-0.25, -0.2) is 4.98 Å². The molecule has 3 nitrogen and oxygen atoms in total. The van der Waals surface area contributed by atoms with Gasteiger partial charge in [-0.1, -0.05) is 13.8 Å². The van der Waals surface area contributed by atoms with Gasteiger partial charge in [0.1, 0.15) is 5.82 Å². The lowest BCUT2D eigenvalue weighted by Gasteiger charge is -2.12. The molecule has 0 aromatic carbocycles. The first kappa shape index (κ1) is 12.0. The fourth-order valence-electron chi connectivity index (χ4n) is 1.44. The van der Waals surface area contributed by atoms with Crippen molar-refractivity contribution in [2.75, 3.05) is 11.9 Å². The molecule has 1 aromatic rings. The zero-order valence-corrected chi connectivity index (χ0v) is 9.75. The predicted molar refractivity (Wildman–Crippen MR) is 63.0 cm³/mol. The molecule has 1 atom stereocenters. The minimum atomic E-state index is -0.392. The third kappa shape index (κ3) is 3.20. The molecule has 0 fully saturated rings. The van der Waals surface area contributed by atoms with Gasteiger partial charge in [-0.15, -0.1) is 0 Å². The third-order valence-electron chi connectivity index (χ3n) is 2.41. The molecule has 84 valence electrons. The first-order chi connectivity index (χ1) is 7.19. The van der Waals surface area contributed by atoms with E-state index in [2.05, 4.69) is 17.2 Å². The zero-order chi connectivity index (χ0) is 11.3. The zero-order valence-electron chi connectivity index (χ0n) is 9.75. The van der Waals surface area contributed by atoms with Crippen molar-refractivity contribution in [2.45, 2.75) is 39.7 Å². The van der Waals surface area contributed by atoms with Crippen molar-refractivity contribution in [2.24, 2.45) is 0 Å². The molecule has 3 heteroatoms. The van der Waals surface area contributed by atoms with Crippen LogP contribution in [-0.4, -0.2) is 16.6 Å². The fourth-order valence-corrected chi connectivity index (χ4v) is 1.44. The van der Waals surface area contributed by atoms with E-state index in [1.54, 1.807) is 6.20 Å². The van der Waals surface area contributed by atoms with Crippen LogP contribution in [0.2, 0.25) is 0 Å². The summed E-state index contributed by atoms with van der Waals surface area (Å²) in [5.74, 6) is 0.920. The van der Waals surface area contributed by atoms with Crippen molar-refractivity contribution in [1.82, 2.24) is 4.98 Å². The topological polar surface area (TPSA) is 45.2 Å². The number of aryl methyl sites for hydroxylation is 1. The first-order valence-electron chi connectivity index (χ1n) is 5.57. The Balaban J connectivity index is 2.78. The number of hydrogen-bond donors (Lipinski definition) is 2. The highest BCUT2D eigenvalue weighted by Crippen LogP contribution is 2.19. The van der Waals surface area contributed by atoms with E-state index in [9.17, 15) is 5.11 Å². The van der Waals surface area contributed by atoms with Gasteiger partial charge in [0.25, 0.3) is 0 Å². The maximum absolute atomic E-state index is 9.66. The van der Waals surface area contributed by atoms with Crippen molar-refractivity contribution < 1.29 is 5.11 Å². The van der Waals surface area contributed by atoms with Crippen LogP contribution in [0.25, 0.3) is 0 Å². The van der Waals surface area contributed by atoms with Crippen LogP contribution in [0.15, 0.2) is 12.3 Å². The van der Waals surface area contributed by atoms with Crippen molar-refractivity contribution in [3.8, 4) is 0 Å². The Labute approximate surface area is 91.5 Å². The predicted octanol–water partition coefficient (Wildman–Crippen LogP) is 2.66. The van der Waals surface area contributed by atoms with E-state index < -0.39 is 6.10 Å². The quantitative estimate of drug-likeness (QED) is 0.782. The number of hydrogen-bond acceptors (Lipinski definition) is 3. The molecular weight excluding hydrogens is 188 g/mol. The molecule has 2 N–H and O–H groups in total. The van der Waals surface area contributed by atoms with Crippen LogP contribution < -0.4 is 5.32 Å². The minimum absolute atomic E-state index is 0.392. The summed E-state index contributed by atoms with van der Waals surface area (Å²) < 4.78 is 0. The SMILES string of the molecule is CCCNc1ncc([C@@H](O)CC)cc1C. The van der Waals surface area contributed by atoms with Gasteiger partial charge in [0.2, 0.25) is 0 Å². The lowest BCUT2D eigenvalue weighted by molar-refractivity contribution is 0.173. The molecule has 0 spiro atoms. The van der Waals surface area contributed by atoms with Gasteiger partial charge < -0.3 is 10.4 Å². The first-order valence-corrected chi connectivity index (χ1v) is 5.57. The second-order valence-electron chi connectivity index (χ2n) is 3.78. The summed E-state index contributed by atoms with van der Waals surface area (Å²) in [5.41, 5.74) is 1.99. The van der Waals surface area contributed by atoms with Crippen molar-refractivity contribution in [1.29, 1.82) is 0 Å². The van der Waals surface area contributed by atoms with E-state index >= 15 is 0 Å². The van der Waals surface area contributed by atoms with E-state index in [4.69, 9.17) is 0 Å². The lowest BCUT2D eigenvalue weighted by atomic mass is 10.1. The Hall–Kier alpha value is -1.09. The van der Waals surface area contributed by atoms with Gasteiger partial charge in [-0.3, -0.25) is 0 Å². The number of aliphatic hydroxyl groups excluding tert-OH is 1. The molecule has 0 radical (unpaired) electrons. The lowest BCUT2D eigenvalue weighted by Crippen LogP contribution is -2.05. The molecule has 0 unspecified atom stereocenters. The van der Waals surface area contributed by atoms with Crippen molar-refractivity contribution in [3.63, 3.8) is 0 Å². The summed E-state index contributed by atoms with van der Waals surface area (Å²) in [5, 5.41) is 12.9. The molecule has 0 aliphatic heterocycles. The molecule has 0 aliphatic rings. The highest BCUT2D eigenvalue weighted by molar-refractivity contribution is 5.44. The maximum atomic E-state index is 9.66. The van der Waals surface area contributed by atoms with E-state index in [-0.39, 0.29) is 0 Å². The van der Waals surface area contributed by atoms with Gasteiger partial charge >= 0.3 is 0 Å². The van der Waals surface area contributed by atoms with Gasteiger partial charge in [-0.2, -0.15) is 0 Å². The van der Waals surface area contributed by atoms with Crippen LogP contribution in [0.1, 0.15) is 43.9 Å². The number of aromatic nitrogens is 1. The summed E-state index contributed by atoms with van der Waals surface area (Å²) in [6.45, 7) is 7.03. The van der Waals surface area contributed by atoms with Crippen LogP contribution in [0.4, 0.5) is 5.82 Å². The van der Waals surface area contributed by atoms with Crippen LogP contribution >= 0.6 is 0 Å². The van der Waals surface area contributed by atoms with Crippen LogP contribution in [-0.2, 0) is 0 Å². The van der Waals surface area contributed by atoms with Crippen LogP contribution in [0.3, 0.4) is 0 Å². The number of aliphatic hydroxyl groups is 1. The highest BCUT2D eigenvalue weighted by Gasteiger charge is 2.07. The van der Waals surface area contributed by atoms with Gasteiger partial charge in [-0.05, 0) is 37.0 Å². The molecule has 1 heterocycles. The summed E-state index contributed by atoms with van der Waals surface area (Å²) in [6.07, 6.45) is 3.17. The van der Waals surface area contributed by atoms with Crippen LogP contribution in [0, 0.1) is 6.92 Å². The van der Waals surface area contributed by atoms with E-state index in [1.807, 2.05) is 19.9 Å². The number of nitrogens with zero attached hydrogens (tertiary/aromatic N) is 1. The van der Waals surface area contributed by atoms with Crippen molar-refractivity contribution >= 4 is 5.82 Å². The number of anilines is 1. The monoisotopic (exact) mass is 208 g/mol. The van der Waals surface area contributed by atoms with Gasteiger partial charge in [0.15, 0.2) is 0 Å². The van der Waals surface area contributed by atoms with Crippen LogP contribution in [0.5, 0.6) is 0 Å². The Morgan fingerprint density at radius 2 is 2.20 bits per heavy atom. The Bertz CT molecular complexity index is 312. The molecular formula is C12H20N2O. The summed E-state index contributed by atoms with van der Waals surface area (Å²) in [6, 6.07) is 2.00. The smallest absolute Gasteiger partial charge is 0.128 e.